The zero-order valence-corrected chi connectivity index (χ0v) is 11.6. The van der Waals surface area contributed by atoms with Gasteiger partial charge in [0.25, 0.3) is 0 Å². The molecule has 0 aliphatic rings. The third kappa shape index (κ3) is 2.58. The van der Waals surface area contributed by atoms with Crippen molar-refractivity contribution < 1.29 is 14.3 Å². The van der Waals surface area contributed by atoms with Crippen LogP contribution in [0.1, 0.15) is 5.56 Å². The number of hydrogen-bond acceptors (Lipinski definition) is 3. The minimum Gasteiger partial charge on any atom is -0.508 e. The highest BCUT2D eigenvalue weighted by Gasteiger charge is 2.07. The Labute approximate surface area is 118 Å². The molecule has 0 amide bonds. The smallest absolute Gasteiger partial charge is 0.137 e. The molecule has 3 rings (SSSR count). The summed E-state index contributed by atoms with van der Waals surface area (Å²) >= 11 is 3.40. The number of phenols is 1. The Morgan fingerprint density at radius 3 is 2.89 bits per heavy atom. The Morgan fingerprint density at radius 2 is 2.05 bits per heavy atom. The van der Waals surface area contributed by atoms with E-state index in [9.17, 15) is 5.11 Å². The standard InChI is InChI=1S/C15H11BrO3/c16-11-2-1-3-13(6-11)18-8-10-9-19-15-7-12(17)4-5-14(10)15/h1-7,9,17H,8H2. The van der Waals surface area contributed by atoms with Gasteiger partial charge in [0.15, 0.2) is 0 Å². The summed E-state index contributed by atoms with van der Waals surface area (Å²) in [5, 5.41) is 10.3. The number of ether oxygens (including phenoxy) is 1. The quantitative estimate of drug-likeness (QED) is 0.774. The summed E-state index contributed by atoms with van der Waals surface area (Å²) in [4.78, 5) is 0. The number of aromatic hydroxyl groups is 1. The van der Waals surface area contributed by atoms with Gasteiger partial charge in [-0.1, -0.05) is 22.0 Å². The lowest BCUT2D eigenvalue weighted by Crippen LogP contribution is -1.94. The monoisotopic (exact) mass is 318 g/mol. The fourth-order valence-corrected chi connectivity index (χ4v) is 2.28. The Hall–Kier alpha value is -1.94. The third-order valence-corrected chi connectivity index (χ3v) is 3.32. The number of phenolic OH excluding ortho intramolecular Hbond substituents is 1. The summed E-state index contributed by atoms with van der Waals surface area (Å²) in [5.41, 5.74) is 1.61. The second-order valence-electron chi connectivity index (χ2n) is 4.19. The SMILES string of the molecule is Oc1ccc2c(COc3cccc(Br)c3)coc2c1. The molecule has 0 saturated carbocycles. The van der Waals surface area contributed by atoms with Crippen molar-refractivity contribution in [2.45, 2.75) is 6.61 Å². The molecule has 1 aromatic heterocycles. The maximum Gasteiger partial charge on any atom is 0.137 e. The molecule has 3 nitrogen and oxygen atoms in total. The van der Waals surface area contributed by atoms with Crippen LogP contribution in [0.2, 0.25) is 0 Å². The molecule has 4 heteroatoms. The number of rotatable bonds is 3. The van der Waals surface area contributed by atoms with Crippen molar-refractivity contribution in [3.63, 3.8) is 0 Å². The van der Waals surface area contributed by atoms with Gasteiger partial charge >= 0.3 is 0 Å². The van der Waals surface area contributed by atoms with Crippen LogP contribution in [0.15, 0.2) is 57.6 Å². The topological polar surface area (TPSA) is 42.6 Å². The van der Waals surface area contributed by atoms with Gasteiger partial charge in [0.2, 0.25) is 0 Å². The molecule has 0 saturated heterocycles. The first-order chi connectivity index (χ1) is 9.22. The Bertz CT molecular complexity index is 718. The van der Waals surface area contributed by atoms with Gasteiger partial charge in [-0.15, -0.1) is 0 Å². The van der Waals surface area contributed by atoms with E-state index < -0.39 is 0 Å². The van der Waals surface area contributed by atoms with Gasteiger partial charge < -0.3 is 14.3 Å². The Balaban J connectivity index is 1.82. The molecule has 0 bridgehead atoms. The van der Waals surface area contributed by atoms with Crippen LogP contribution in [0.5, 0.6) is 11.5 Å². The summed E-state index contributed by atoms with van der Waals surface area (Å²) in [6.07, 6.45) is 1.65. The lowest BCUT2D eigenvalue weighted by molar-refractivity contribution is 0.306. The average Bonchev–Trinajstić information content (AvgIpc) is 2.78. The summed E-state index contributed by atoms with van der Waals surface area (Å²) in [7, 11) is 0. The molecular weight excluding hydrogens is 308 g/mol. The molecule has 19 heavy (non-hydrogen) atoms. The van der Waals surface area contributed by atoms with Gasteiger partial charge in [-0.05, 0) is 30.3 Å². The van der Waals surface area contributed by atoms with E-state index in [0.29, 0.717) is 12.2 Å². The molecular formula is C15H11BrO3. The number of hydrogen-bond donors (Lipinski definition) is 1. The molecule has 2 aromatic carbocycles. The van der Waals surface area contributed by atoms with Gasteiger partial charge in [0.05, 0.1) is 6.26 Å². The third-order valence-electron chi connectivity index (χ3n) is 2.83. The van der Waals surface area contributed by atoms with E-state index in [0.717, 1.165) is 21.2 Å². The van der Waals surface area contributed by atoms with Crippen LogP contribution < -0.4 is 4.74 Å². The van der Waals surface area contributed by atoms with Gasteiger partial charge in [0, 0.05) is 21.5 Å². The summed E-state index contributed by atoms with van der Waals surface area (Å²) < 4.78 is 12.1. The van der Waals surface area contributed by atoms with E-state index in [2.05, 4.69) is 15.9 Å². The van der Waals surface area contributed by atoms with Crippen LogP contribution in [0.4, 0.5) is 0 Å². The highest BCUT2D eigenvalue weighted by molar-refractivity contribution is 9.10. The molecule has 0 unspecified atom stereocenters. The average molecular weight is 319 g/mol. The van der Waals surface area contributed by atoms with Gasteiger partial charge in [0.1, 0.15) is 23.7 Å². The zero-order valence-electron chi connectivity index (χ0n) is 9.97. The second-order valence-corrected chi connectivity index (χ2v) is 5.10. The Kier molecular flexibility index (Phi) is 3.17. The molecule has 0 aliphatic carbocycles. The van der Waals surface area contributed by atoms with Crippen LogP contribution in [-0.4, -0.2) is 5.11 Å². The predicted octanol–water partition coefficient (Wildman–Crippen LogP) is 4.48. The summed E-state index contributed by atoms with van der Waals surface area (Å²) in [6, 6.07) is 12.7. The van der Waals surface area contributed by atoms with Crippen LogP contribution in [0.25, 0.3) is 11.0 Å². The first-order valence-corrected chi connectivity index (χ1v) is 6.59. The van der Waals surface area contributed by atoms with Crippen molar-refractivity contribution in [2.24, 2.45) is 0 Å². The van der Waals surface area contributed by atoms with E-state index in [1.54, 1.807) is 18.4 Å². The minimum atomic E-state index is 0.196. The lowest BCUT2D eigenvalue weighted by Gasteiger charge is -2.05. The number of benzene rings is 2. The van der Waals surface area contributed by atoms with Crippen molar-refractivity contribution in [3.05, 3.63) is 58.8 Å². The lowest BCUT2D eigenvalue weighted by atomic mass is 10.2. The predicted molar refractivity (Wildman–Crippen MR) is 76.4 cm³/mol. The highest BCUT2D eigenvalue weighted by atomic mass is 79.9. The van der Waals surface area contributed by atoms with E-state index in [1.807, 2.05) is 30.3 Å². The molecule has 0 radical (unpaired) electrons. The molecule has 3 aromatic rings. The fraction of sp³-hybridized carbons (Fsp3) is 0.0667. The summed E-state index contributed by atoms with van der Waals surface area (Å²) in [6.45, 7) is 0.425. The molecule has 96 valence electrons. The largest absolute Gasteiger partial charge is 0.508 e. The fourth-order valence-electron chi connectivity index (χ4n) is 1.90. The van der Waals surface area contributed by atoms with Gasteiger partial charge in [-0.25, -0.2) is 0 Å². The van der Waals surface area contributed by atoms with Crippen molar-refractivity contribution in [1.82, 2.24) is 0 Å². The summed E-state index contributed by atoms with van der Waals surface area (Å²) in [5.74, 6) is 0.990. The molecule has 0 fully saturated rings. The maximum atomic E-state index is 9.38. The van der Waals surface area contributed by atoms with E-state index in [1.165, 1.54) is 0 Å². The first kappa shape index (κ1) is 12.1. The van der Waals surface area contributed by atoms with Crippen LogP contribution in [-0.2, 0) is 6.61 Å². The van der Waals surface area contributed by atoms with Crippen molar-refractivity contribution >= 4 is 26.9 Å². The van der Waals surface area contributed by atoms with Gasteiger partial charge in [-0.2, -0.15) is 0 Å². The highest BCUT2D eigenvalue weighted by Crippen LogP contribution is 2.26. The van der Waals surface area contributed by atoms with Crippen molar-refractivity contribution in [2.75, 3.05) is 0 Å². The Morgan fingerprint density at radius 1 is 1.16 bits per heavy atom. The van der Waals surface area contributed by atoms with E-state index in [4.69, 9.17) is 9.15 Å². The van der Waals surface area contributed by atoms with Crippen molar-refractivity contribution in [1.29, 1.82) is 0 Å². The van der Waals surface area contributed by atoms with E-state index >= 15 is 0 Å². The van der Waals surface area contributed by atoms with Crippen LogP contribution in [0.3, 0.4) is 0 Å². The maximum absolute atomic E-state index is 9.38. The van der Waals surface area contributed by atoms with Crippen molar-refractivity contribution in [3.8, 4) is 11.5 Å². The number of halogens is 1. The molecule has 0 aliphatic heterocycles. The normalized spacial score (nSPS) is 10.8. The van der Waals surface area contributed by atoms with Crippen LogP contribution >= 0.6 is 15.9 Å². The molecule has 1 heterocycles. The molecule has 0 spiro atoms. The van der Waals surface area contributed by atoms with Crippen LogP contribution in [0, 0.1) is 0 Å². The zero-order chi connectivity index (χ0) is 13.2. The minimum absolute atomic E-state index is 0.196. The molecule has 1 N–H and O–H groups in total. The van der Waals surface area contributed by atoms with Gasteiger partial charge in [-0.3, -0.25) is 0 Å². The van der Waals surface area contributed by atoms with E-state index in [-0.39, 0.29) is 5.75 Å². The second kappa shape index (κ2) is 4.97. The number of furan rings is 1. The molecule has 0 atom stereocenters. The first-order valence-electron chi connectivity index (χ1n) is 5.80. The number of fused-ring (bicyclic) bond motifs is 1.